The molecule has 1 unspecified atom stereocenters. The number of primary amides is 1. The lowest BCUT2D eigenvalue weighted by Crippen LogP contribution is -2.43. The highest BCUT2D eigenvalue weighted by molar-refractivity contribution is 5.85. The summed E-state index contributed by atoms with van der Waals surface area (Å²) < 4.78 is 0. The van der Waals surface area contributed by atoms with E-state index in [1.165, 1.54) is 0 Å². The number of nitrogens with one attached hydrogen (secondary N) is 1. The minimum absolute atomic E-state index is 0.0267. The monoisotopic (exact) mass is 286 g/mol. The Morgan fingerprint density at radius 2 is 1.80 bits per heavy atom. The summed E-state index contributed by atoms with van der Waals surface area (Å²) in [4.78, 5) is 33.5. The maximum Gasteiger partial charge on any atom is 0.326 e. The van der Waals surface area contributed by atoms with Crippen molar-refractivity contribution in [3.8, 4) is 0 Å². The Hall–Kier alpha value is -1.59. The molecule has 0 aromatic carbocycles. The van der Waals surface area contributed by atoms with Crippen molar-refractivity contribution in [3.63, 3.8) is 0 Å². The van der Waals surface area contributed by atoms with E-state index in [4.69, 9.17) is 10.8 Å². The van der Waals surface area contributed by atoms with E-state index >= 15 is 0 Å². The molecule has 2 atom stereocenters. The zero-order valence-electron chi connectivity index (χ0n) is 12.4. The van der Waals surface area contributed by atoms with Gasteiger partial charge < -0.3 is 16.2 Å². The molecule has 20 heavy (non-hydrogen) atoms. The number of carbonyl (C=O) groups excluding carboxylic acids is 2. The first kappa shape index (κ1) is 18.4. The van der Waals surface area contributed by atoms with Crippen molar-refractivity contribution >= 4 is 17.8 Å². The summed E-state index contributed by atoms with van der Waals surface area (Å²) in [6.45, 7) is 3.90. The fourth-order valence-corrected chi connectivity index (χ4v) is 1.87. The number of nitrogens with two attached hydrogens (primary N) is 1. The first-order valence-corrected chi connectivity index (χ1v) is 7.20. The van der Waals surface area contributed by atoms with Gasteiger partial charge in [-0.2, -0.15) is 0 Å². The van der Waals surface area contributed by atoms with Crippen molar-refractivity contribution < 1.29 is 19.5 Å². The molecule has 0 aromatic heterocycles. The molecule has 0 rings (SSSR count). The molecule has 4 N–H and O–H groups in total. The van der Waals surface area contributed by atoms with Crippen molar-refractivity contribution in [1.82, 2.24) is 5.32 Å². The van der Waals surface area contributed by atoms with Gasteiger partial charge >= 0.3 is 5.97 Å². The molecule has 0 spiro atoms. The van der Waals surface area contributed by atoms with Crippen LogP contribution in [0.4, 0.5) is 0 Å². The minimum atomic E-state index is -1.14. The molecular formula is C14H26N2O4. The summed E-state index contributed by atoms with van der Waals surface area (Å²) in [6, 6.07) is -1.05. The highest BCUT2D eigenvalue weighted by atomic mass is 16.4. The molecule has 0 saturated heterocycles. The van der Waals surface area contributed by atoms with Gasteiger partial charge in [0, 0.05) is 12.3 Å². The molecule has 0 aliphatic rings. The number of carboxylic acids is 1. The molecule has 0 aliphatic heterocycles. The van der Waals surface area contributed by atoms with Crippen LogP contribution in [-0.4, -0.2) is 28.9 Å². The average molecular weight is 286 g/mol. The molecule has 0 aliphatic carbocycles. The molecule has 6 heteroatoms. The fourth-order valence-electron chi connectivity index (χ4n) is 1.87. The Balaban J connectivity index is 4.16. The average Bonchev–Trinajstić information content (AvgIpc) is 2.38. The van der Waals surface area contributed by atoms with Crippen LogP contribution in [0, 0.1) is 5.92 Å². The number of hydrogen-bond donors (Lipinski definition) is 3. The van der Waals surface area contributed by atoms with Crippen LogP contribution in [0.15, 0.2) is 0 Å². The van der Waals surface area contributed by atoms with E-state index in [0.717, 1.165) is 32.1 Å². The van der Waals surface area contributed by atoms with E-state index in [-0.39, 0.29) is 24.7 Å². The van der Waals surface area contributed by atoms with Gasteiger partial charge in [-0.1, -0.05) is 39.5 Å². The molecule has 0 fully saturated rings. The number of amides is 2. The molecule has 6 nitrogen and oxygen atoms in total. The third-order valence-corrected chi connectivity index (χ3v) is 3.23. The Kier molecular flexibility index (Phi) is 9.41. The molecule has 0 radical (unpaired) electrons. The van der Waals surface area contributed by atoms with E-state index in [1.54, 1.807) is 6.92 Å². The number of unbranched alkanes of at least 4 members (excludes halogenated alkanes) is 3. The second kappa shape index (κ2) is 10.2. The van der Waals surface area contributed by atoms with Gasteiger partial charge in [0.05, 0.1) is 0 Å². The third kappa shape index (κ3) is 8.50. The van der Waals surface area contributed by atoms with Gasteiger partial charge in [0.25, 0.3) is 0 Å². The Bertz CT molecular complexity index is 331. The number of carboxylic acid groups (broad SMARTS) is 1. The minimum Gasteiger partial charge on any atom is -0.480 e. The molecule has 0 saturated carbocycles. The Morgan fingerprint density at radius 3 is 2.30 bits per heavy atom. The highest BCUT2D eigenvalue weighted by Gasteiger charge is 2.23. The normalized spacial score (nSPS) is 13.5. The lowest BCUT2D eigenvalue weighted by atomic mass is 10.0. The predicted octanol–water partition coefficient (Wildman–Crippen LogP) is 1.43. The molecule has 2 amide bonds. The van der Waals surface area contributed by atoms with Crippen LogP contribution in [0.3, 0.4) is 0 Å². The van der Waals surface area contributed by atoms with Crippen molar-refractivity contribution in [2.24, 2.45) is 11.7 Å². The van der Waals surface area contributed by atoms with Crippen LogP contribution in [0.1, 0.15) is 58.8 Å². The predicted molar refractivity (Wildman–Crippen MR) is 75.9 cm³/mol. The summed E-state index contributed by atoms with van der Waals surface area (Å²) in [6.07, 6.45) is 5.04. The molecular weight excluding hydrogens is 260 g/mol. The van der Waals surface area contributed by atoms with E-state index in [9.17, 15) is 14.4 Å². The van der Waals surface area contributed by atoms with Crippen LogP contribution >= 0.6 is 0 Å². The highest BCUT2D eigenvalue weighted by Crippen LogP contribution is 2.11. The Morgan fingerprint density at radius 1 is 1.15 bits per heavy atom. The molecule has 0 bridgehead atoms. The molecule has 116 valence electrons. The van der Waals surface area contributed by atoms with Crippen molar-refractivity contribution in [3.05, 3.63) is 0 Å². The van der Waals surface area contributed by atoms with Crippen LogP contribution in [-0.2, 0) is 14.4 Å². The number of aliphatic carboxylic acids is 1. The van der Waals surface area contributed by atoms with Gasteiger partial charge in [-0.15, -0.1) is 0 Å². The van der Waals surface area contributed by atoms with Crippen molar-refractivity contribution in [2.45, 2.75) is 64.8 Å². The van der Waals surface area contributed by atoms with Gasteiger partial charge in [0.1, 0.15) is 6.04 Å². The van der Waals surface area contributed by atoms with Crippen LogP contribution in [0.25, 0.3) is 0 Å². The van der Waals surface area contributed by atoms with Crippen LogP contribution < -0.4 is 11.1 Å². The first-order chi connectivity index (χ1) is 9.38. The number of hydrogen-bond acceptors (Lipinski definition) is 3. The number of carbonyl (C=O) groups is 3. The van der Waals surface area contributed by atoms with Gasteiger partial charge in [-0.05, 0) is 12.8 Å². The van der Waals surface area contributed by atoms with Gasteiger partial charge in [0.2, 0.25) is 11.8 Å². The van der Waals surface area contributed by atoms with E-state index in [1.807, 2.05) is 0 Å². The van der Waals surface area contributed by atoms with Gasteiger partial charge in [-0.3, -0.25) is 9.59 Å². The number of rotatable bonds is 11. The van der Waals surface area contributed by atoms with E-state index in [2.05, 4.69) is 12.2 Å². The molecule has 0 heterocycles. The topological polar surface area (TPSA) is 109 Å². The fraction of sp³-hybridized carbons (Fsp3) is 0.786. The summed E-state index contributed by atoms with van der Waals surface area (Å²) in [7, 11) is 0. The summed E-state index contributed by atoms with van der Waals surface area (Å²) >= 11 is 0. The van der Waals surface area contributed by atoms with Gasteiger partial charge in [-0.25, -0.2) is 4.79 Å². The van der Waals surface area contributed by atoms with Crippen LogP contribution in [0.2, 0.25) is 0 Å². The van der Waals surface area contributed by atoms with Gasteiger partial charge in [0.15, 0.2) is 0 Å². The largest absolute Gasteiger partial charge is 0.480 e. The Labute approximate surface area is 120 Å². The third-order valence-electron chi connectivity index (χ3n) is 3.23. The zero-order chi connectivity index (χ0) is 15.5. The lowest BCUT2D eigenvalue weighted by molar-refractivity contribution is -0.142. The van der Waals surface area contributed by atoms with E-state index in [0.29, 0.717) is 0 Å². The summed E-state index contributed by atoms with van der Waals surface area (Å²) in [5.41, 5.74) is 4.98. The summed E-state index contributed by atoms with van der Waals surface area (Å²) in [5, 5.41) is 11.5. The van der Waals surface area contributed by atoms with Crippen LogP contribution in [0.5, 0.6) is 0 Å². The second-order valence-corrected chi connectivity index (χ2v) is 5.15. The zero-order valence-corrected chi connectivity index (χ0v) is 12.4. The smallest absolute Gasteiger partial charge is 0.326 e. The summed E-state index contributed by atoms with van der Waals surface area (Å²) in [5.74, 6) is -2.21. The lowest BCUT2D eigenvalue weighted by Gasteiger charge is -2.17. The SMILES string of the molecule is CCCCCCC(C)C(=O)N[C@@H](CCC(N)=O)C(=O)O. The van der Waals surface area contributed by atoms with Crippen molar-refractivity contribution in [1.29, 1.82) is 0 Å². The second-order valence-electron chi connectivity index (χ2n) is 5.15. The quantitative estimate of drug-likeness (QED) is 0.499. The maximum absolute atomic E-state index is 11.9. The first-order valence-electron chi connectivity index (χ1n) is 7.20. The standard InChI is InChI=1S/C14H26N2O4/c1-3-4-5-6-7-10(2)13(18)16-11(14(19)20)8-9-12(15)17/h10-11H,3-9H2,1-2H3,(H2,15,17)(H,16,18)(H,19,20)/t10?,11-/m0/s1. The molecule has 0 aromatic rings. The maximum atomic E-state index is 11.9. The van der Waals surface area contributed by atoms with Crippen molar-refractivity contribution in [2.75, 3.05) is 0 Å². The van der Waals surface area contributed by atoms with E-state index < -0.39 is 17.9 Å².